The number of ether oxygens (including phenoxy) is 1. The minimum atomic E-state index is -4.75. The second kappa shape index (κ2) is 8.41. The second-order valence-electron chi connectivity index (χ2n) is 7.64. The molecule has 5 rings (SSSR count). The number of amidine groups is 1. The molecule has 1 fully saturated rings. The molecule has 1 aromatic heterocycles. The molecule has 1 saturated carbocycles. The van der Waals surface area contributed by atoms with Crippen LogP contribution in [0.3, 0.4) is 0 Å². The Morgan fingerprint density at radius 3 is 2.61 bits per heavy atom. The van der Waals surface area contributed by atoms with Crippen molar-refractivity contribution in [3.05, 3.63) is 65.1 Å². The van der Waals surface area contributed by atoms with Crippen LogP contribution >= 0.6 is 0 Å². The average molecular weight is 436 g/mol. The van der Waals surface area contributed by atoms with Gasteiger partial charge in [0.25, 0.3) is 0 Å². The van der Waals surface area contributed by atoms with Gasteiger partial charge in [0.05, 0.1) is 17.1 Å². The summed E-state index contributed by atoms with van der Waals surface area (Å²) in [7, 11) is 1.88. The normalized spacial score (nSPS) is 18.2. The van der Waals surface area contributed by atoms with Crippen molar-refractivity contribution in [1.82, 2.24) is 9.78 Å². The number of aromatic nitrogens is 2. The number of allylic oxidation sites excluding steroid dienone is 4. The average Bonchev–Trinajstić information content (AvgIpc) is 3.22. The summed E-state index contributed by atoms with van der Waals surface area (Å²) < 4.78 is 44.3. The zero-order chi connectivity index (χ0) is 20.9. The van der Waals surface area contributed by atoms with Crippen molar-refractivity contribution < 1.29 is 17.9 Å². The molecular formula is C22H20F3N4NaO. The number of hydrogen-bond donors (Lipinski definition) is 0. The Labute approximate surface area is 199 Å². The molecule has 0 unspecified atom stereocenters. The van der Waals surface area contributed by atoms with Crippen molar-refractivity contribution in [2.45, 2.75) is 38.0 Å². The monoisotopic (exact) mass is 436 g/mol. The van der Waals surface area contributed by atoms with Gasteiger partial charge in [-0.1, -0.05) is 30.7 Å². The van der Waals surface area contributed by atoms with Crippen molar-refractivity contribution in [3.63, 3.8) is 0 Å². The van der Waals surface area contributed by atoms with Crippen molar-refractivity contribution in [2.75, 3.05) is 0 Å². The van der Waals surface area contributed by atoms with Crippen LogP contribution in [0.25, 0.3) is 5.57 Å². The number of aliphatic imine (C=N–C) groups is 2. The van der Waals surface area contributed by atoms with Crippen molar-refractivity contribution in [2.24, 2.45) is 17.0 Å². The SMILES string of the molecule is Cn1nc(C2CCC2)cc1C1=NC2=CC(c3ccccc3OC(F)(F)F)=CCC2=N1.[NaH]. The Morgan fingerprint density at radius 1 is 1.13 bits per heavy atom. The van der Waals surface area contributed by atoms with E-state index in [2.05, 4.69) is 19.8 Å². The first-order valence-corrected chi connectivity index (χ1v) is 9.85. The molecule has 0 radical (unpaired) electrons. The summed E-state index contributed by atoms with van der Waals surface area (Å²) >= 11 is 0. The first kappa shape index (κ1) is 22.0. The van der Waals surface area contributed by atoms with Gasteiger partial charge in [0.15, 0.2) is 5.84 Å². The van der Waals surface area contributed by atoms with Gasteiger partial charge in [0, 0.05) is 24.9 Å². The first-order valence-electron chi connectivity index (χ1n) is 9.85. The summed E-state index contributed by atoms with van der Waals surface area (Å²) in [5.74, 6) is 0.873. The van der Waals surface area contributed by atoms with Crippen LogP contribution in [-0.2, 0) is 7.05 Å². The van der Waals surface area contributed by atoms with E-state index in [9.17, 15) is 13.2 Å². The van der Waals surface area contributed by atoms with Crippen LogP contribution in [0, 0.1) is 0 Å². The summed E-state index contributed by atoms with van der Waals surface area (Å²) in [5.41, 5.74) is 4.39. The van der Waals surface area contributed by atoms with Crippen molar-refractivity contribution in [1.29, 1.82) is 0 Å². The van der Waals surface area contributed by atoms with E-state index < -0.39 is 6.36 Å². The molecule has 0 atom stereocenters. The van der Waals surface area contributed by atoms with Gasteiger partial charge in [-0.3, -0.25) is 4.68 Å². The third-order valence-electron chi connectivity index (χ3n) is 5.65. The quantitative estimate of drug-likeness (QED) is 0.663. The fourth-order valence-corrected chi connectivity index (χ4v) is 3.89. The van der Waals surface area contributed by atoms with Gasteiger partial charge >= 0.3 is 35.9 Å². The van der Waals surface area contributed by atoms with Gasteiger partial charge in [0.2, 0.25) is 0 Å². The topological polar surface area (TPSA) is 51.8 Å². The van der Waals surface area contributed by atoms with E-state index in [0.717, 1.165) is 29.9 Å². The minimum absolute atomic E-state index is 0. The fourth-order valence-electron chi connectivity index (χ4n) is 3.89. The summed E-state index contributed by atoms with van der Waals surface area (Å²) in [6.45, 7) is 0. The van der Waals surface area contributed by atoms with E-state index in [-0.39, 0.29) is 35.3 Å². The summed E-state index contributed by atoms with van der Waals surface area (Å²) in [4.78, 5) is 9.30. The summed E-state index contributed by atoms with van der Waals surface area (Å²) in [6.07, 6.45) is 2.91. The standard InChI is InChI=1S/C22H19F3N4O.Na.H/c1-29-19(12-17(28-29)13-5-4-6-13)21-26-16-10-9-14(11-18(16)27-21)15-7-2-3-8-20(15)30-22(23,24)25;;/h2-3,7-9,11-13H,4-6,10H2,1H3;;. The van der Waals surface area contributed by atoms with E-state index in [4.69, 9.17) is 0 Å². The number of alkyl halides is 3. The van der Waals surface area contributed by atoms with Crippen LogP contribution in [0.5, 0.6) is 5.75 Å². The van der Waals surface area contributed by atoms with Crippen molar-refractivity contribution in [3.8, 4) is 5.75 Å². The van der Waals surface area contributed by atoms with E-state index in [1.54, 1.807) is 22.9 Å². The number of aryl methyl sites for hydroxylation is 1. The van der Waals surface area contributed by atoms with Gasteiger partial charge in [-0.25, -0.2) is 9.98 Å². The number of benzene rings is 1. The molecular weight excluding hydrogens is 416 g/mol. The number of hydrogen-bond acceptors (Lipinski definition) is 4. The number of rotatable bonds is 4. The molecule has 156 valence electrons. The van der Waals surface area contributed by atoms with Gasteiger partial charge in [-0.05, 0) is 36.6 Å². The first-order chi connectivity index (χ1) is 14.4. The molecule has 9 heteroatoms. The molecule has 0 bridgehead atoms. The Bertz CT molecular complexity index is 1140. The molecule has 1 aliphatic heterocycles. The maximum absolute atomic E-state index is 12.8. The maximum atomic E-state index is 12.8. The summed E-state index contributed by atoms with van der Waals surface area (Å²) in [5, 5.41) is 4.61. The molecule has 2 heterocycles. The van der Waals surface area contributed by atoms with E-state index in [1.165, 1.54) is 18.6 Å². The van der Waals surface area contributed by atoms with Crippen LogP contribution in [0.15, 0.2) is 58.2 Å². The molecule has 2 aromatic rings. The number of para-hydroxylation sites is 1. The molecule has 3 aliphatic rings. The Hall–Kier alpha value is -2.16. The molecule has 0 amide bonds. The Morgan fingerprint density at radius 2 is 1.90 bits per heavy atom. The van der Waals surface area contributed by atoms with Gasteiger partial charge < -0.3 is 4.74 Å². The molecule has 5 nitrogen and oxygen atoms in total. The Balaban J connectivity index is 0.00000231. The molecule has 0 saturated heterocycles. The Kier molecular flexibility index (Phi) is 5.98. The molecule has 0 spiro atoms. The van der Waals surface area contributed by atoms with Gasteiger partial charge in [-0.2, -0.15) is 5.10 Å². The molecule has 2 aliphatic carbocycles. The van der Waals surface area contributed by atoms with Gasteiger partial charge in [0.1, 0.15) is 11.4 Å². The molecule has 31 heavy (non-hydrogen) atoms. The van der Waals surface area contributed by atoms with Gasteiger partial charge in [-0.15, -0.1) is 13.2 Å². The van der Waals surface area contributed by atoms with Crippen LogP contribution in [-0.4, -0.2) is 57.2 Å². The molecule has 1 aromatic carbocycles. The summed E-state index contributed by atoms with van der Waals surface area (Å²) in [6, 6.07) is 8.17. The van der Waals surface area contributed by atoms with Crippen molar-refractivity contribution >= 4 is 46.7 Å². The van der Waals surface area contributed by atoms with E-state index >= 15 is 0 Å². The van der Waals surface area contributed by atoms with Crippen LogP contribution in [0.2, 0.25) is 0 Å². The van der Waals surface area contributed by atoms with Crippen LogP contribution in [0.1, 0.15) is 48.6 Å². The van der Waals surface area contributed by atoms with E-state index in [0.29, 0.717) is 35.0 Å². The zero-order valence-corrected chi connectivity index (χ0v) is 16.3. The fraction of sp³-hybridized carbons (Fsp3) is 0.318. The third kappa shape index (κ3) is 4.42. The second-order valence-corrected chi connectivity index (χ2v) is 7.64. The predicted molar refractivity (Wildman–Crippen MR) is 115 cm³/mol. The van der Waals surface area contributed by atoms with Crippen LogP contribution < -0.4 is 4.74 Å². The third-order valence-corrected chi connectivity index (χ3v) is 5.65. The zero-order valence-electron chi connectivity index (χ0n) is 16.3. The van der Waals surface area contributed by atoms with Crippen LogP contribution in [0.4, 0.5) is 13.2 Å². The number of nitrogens with zero attached hydrogens (tertiary/aromatic N) is 4. The number of halogens is 3. The number of fused-ring (bicyclic) bond motifs is 1. The molecule has 0 N–H and O–H groups in total. The predicted octanol–water partition coefficient (Wildman–Crippen LogP) is 4.51. The van der Waals surface area contributed by atoms with E-state index in [1.807, 2.05) is 19.2 Å².